The molecule has 0 saturated carbocycles. The smallest absolute Gasteiger partial charge is 0.303 e. The number of rotatable bonds is 6. The molecule has 1 aromatic carbocycles. The van der Waals surface area contributed by atoms with Crippen LogP contribution in [0.1, 0.15) is 36.0 Å². The van der Waals surface area contributed by atoms with Crippen molar-refractivity contribution < 1.29 is 19.5 Å². The highest BCUT2D eigenvalue weighted by atomic mass is 16.4. The van der Waals surface area contributed by atoms with E-state index in [1.165, 1.54) is 0 Å². The van der Waals surface area contributed by atoms with Crippen molar-refractivity contribution in [1.29, 1.82) is 0 Å². The maximum absolute atomic E-state index is 12.4. The van der Waals surface area contributed by atoms with Gasteiger partial charge < -0.3 is 15.3 Å². The topological polar surface area (TPSA) is 86.7 Å². The van der Waals surface area contributed by atoms with Gasteiger partial charge in [0, 0.05) is 31.6 Å². The third-order valence-electron chi connectivity index (χ3n) is 4.27. The molecule has 6 heteroatoms. The molecule has 0 aliphatic carbocycles. The van der Waals surface area contributed by atoms with Gasteiger partial charge in [0.05, 0.1) is 5.92 Å². The van der Waals surface area contributed by atoms with Crippen molar-refractivity contribution in [3.63, 3.8) is 0 Å². The first-order valence-electron chi connectivity index (χ1n) is 8.17. The number of aliphatic carboxylic acids is 1. The fraction of sp³-hybridized carbons (Fsp3) is 0.500. The van der Waals surface area contributed by atoms with Gasteiger partial charge in [-0.05, 0) is 38.3 Å². The molecule has 2 N–H and O–H groups in total. The maximum Gasteiger partial charge on any atom is 0.303 e. The van der Waals surface area contributed by atoms with E-state index in [1.54, 1.807) is 4.90 Å². The van der Waals surface area contributed by atoms with E-state index in [0.29, 0.717) is 19.5 Å². The average Bonchev–Trinajstić information content (AvgIpc) is 2.84. The summed E-state index contributed by atoms with van der Waals surface area (Å²) >= 11 is 0. The zero-order chi connectivity index (χ0) is 17.9. The number of nitrogens with zero attached hydrogens (tertiary/aromatic N) is 1. The molecular formula is C18H24N2O4. The van der Waals surface area contributed by atoms with Crippen LogP contribution in [0.2, 0.25) is 0 Å². The summed E-state index contributed by atoms with van der Waals surface area (Å²) in [5, 5.41) is 11.3. The van der Waals surface area contributed by atoms with Crippen LogP contribution in [0, 0.1) is 26.7 Å². The minimum Gasteiger partial charge on any atom is -0.481 e. The van der Waals surface area contributed by atoms with Crippen molar-refractivity contribution in [3.05, 3.63) is 28.8 Å². The van der Waals surface area contributed by atoms with E-state index in [4.69, 9.17) is 5.11 Å². The summed E-state index contributed by atoms with van der Waals surface area (Å²) in [7, 11) is 0. The van der Waals surface area contributed by atoms with Gasteiger partial charge in [0.2, 0.25) is 11.8 Å². The average molecular weight is 332 g/mol. The summed E-state index contributed by atoms with van der Waals surface area (Å²) in [6, 6.07) is 4.07. The van der Waals surface area contributed by atoms with E-state index in [2.05, 4.69) is 5.32 Å². The lowest BCUT2D eigenvalue weighted by Gasteiger charge is -2.22. The molecule has 1 saturated heterocycles. The molecule has 1 heterocycles. The maximum atomic E-state index is 12.4. The molecule has 0 bridgehead atoms. The van der Waals surface area contributed by atoms with Crippen LogP contribution < -0.4 is 10.2 Å². The zero-order valence-electron chi connectivity index (χ0n) is 14.4. The van der Waals surface area contributed by atoms with Gasteiger partial charge in [-0.15, -0.1) is 0 Å². The van der Waals surface area contributed by atoms with Crippen LogP contribution >= 0.6 is 0 Å². The molecule has 1 aliphatic heterocycles. The van der Waals surface area contributed by atoms with Gasteiger partial charge in [-0.1, -0.05) is 17.7 Å². The van der Waals surface area contributed by atoms with Crippen molar-refractivity contribution in [2.24, 2.45) is 5.92 Å². The van der Waals surface area contributed by atoms with Crippen molar-refractivity contribution in [2.45, 2.75) is 40.0 Å². The molecule has 1 fully saturated rings. The van der Waals surface area contributed by atoms with E-state index in [-0.39, 0.29) is 30.6 Å². The van der Waals surface area contributed by atoms with E-state index in [9.17, 15) is 14.4 Å². The molecule has 1 aromatic rings. The lowest BCUT2D eigenvalue weighted by atomic mass is 10.0. The summed E-state index contributed by atoms with van der Waals surface area (Å²) in [6.45, 7) is 6.65. The monoisotopic (exact) mass is 332 g/mol. The van der Waals surface area contributed by atoms with Crippen LogP contribution in [0.4, 0.5) is 5.69 Å². The first kappa shape index (κ1) is 18.0. The number of aryl methyl sites for hydroxylation is 3. The summed E-state index contributed by atoms with van der Waals surface area (Å²) in [4.78, 5) is 36.7. The van der Waals surface area contributed by atoms with Crippen LogP contribution in [0.5, 0.6) is 0 Å². The van der Waals surface area contributed by atoms with Crippen LogP contribution in [-0.2, 0) is 14.4 Å². The molecule has 24 heavy (non-hydrogen) atoms. The Labute approximate surface area is 141 Å². The molecule has 1 unspecified atom stereocenters. The van der Waals surface area contributed by atoms with E-state index < -0.39 is 5.97 Å². The molecule has 6 nitrogen and oxygen atoms in total. The summed E-state index contributed by atoms with van der Waals surface area (Å²) in [5.74, 6) is -1.49. The standard InChI is InChI=1S/C18H24N2O4/c1-11-7-12(2)17(13(3)8-11)20-10-14(9-15(20)21)18(24)19-6-4-5-16(22)23/h7-8,14H,4-6,9-10H2,1-3H3,(H,19,24)(H,22,23). The molecule has 0 aromatic heterocycles. The number of amides is 2. The van der Waals surface area contributed by atoms with Gasteiger partial charge in [-0.25, -0.2) is 0 Å². The van der Waals surface area contributed by atoms with Crippen LogP contribution in [0.3, 0.4) is 0 Å². The first-order valence-corrected chi connectivity index (χ1v) is 8.17. The lowest BCUT2D eigenvalue weighted by Crippen LogP contribution is -2.34. The zero-order valence-corrected chi connectivity index (χ0v) is 14.4. The van der Waals surface area contributed by atoms with E-state index >= 15 is 0 Å². The van der Waals surface area contributed by atoms with Crippen LogP contribution in [-0.4, -0.2) is 36.0 Å². The van der Waals surface area contributed by atoms with Crippen molar-refractivity contribution in [3.8, 4) is 0 Å². The molecule has 1 aliphatic rings. The normalized spacial score (nSPS) is 17.2. The number of hydrogen-bond acceptors (Lipinski definition) is 3. The number of carboxylic acids is 1. The third kappa shape index (κ3) is 4.13. The number of carbonyl (C=O) groups is 3. The fourth-order valence-corrected chi connectivity index (χ4v) is 3.29. The van der Waals surface area contributed by atoms with Crippen molar-refractivity contribution >= 4 is 23.5 Å². The second kappa shape index (κ2) is 7.47. The minimum atomic E-state index is -0.878. The number of hydrogen-bond donors (Lipinski definition) is 2. The van der Waals surface area contributed by atoms with Crippen LogP contribution in [0.25, 0.3) is 0 Å². The molecular weight excluding hydrogens is 308 g/mol. The van der Waals surface area contributed by atoms with Gasteiger partial charge >= 0.3 is 5.97 Å². The van der Waals surface area contributed by atoms with Crippen molar-refractivity contribution in [2.75, 3.05) is 18.0 Å². The van der Waals surface area contributed by atoms with E-state index in [0.717, 1.165) is 22.4 Å². The van der Waals surface area contributed by atoms with Gasteiger partial charge in [0.25, 0.3) is 0 Å². The Morgan fingerprint density at radius 2 is 1.88 bits per heavy atom. The Morgan fingerprint density at radius 3 is 2.46 bits per heavy atom. The number of nitrogens with one attached hydrogen (secondary N) is 1. The van der Waals surface area contributed by atoms with Gasteiger partial charge in [-0.2, -0.15) is 0 Å². The highest BCUT2D eigenvalue weighted by Gasteiger charge is 2.36. The largest absolute Gasteiger partial charge is 0.481 e. The highest BCUT2D eigenvalue weighted by Crippen LogP contribution is 2.31. The second-order valence-corrected chi connectivity index (χ2v) is 6.44. The first-order chi connectivity index (χ1) is 11.3. The quantitative estimate of drug-likeness (QED) is 0.780. The highest BCUT2D eigenvalue weighted by molar-refractivity contribution is 6.01. The molecule has 130 valence electrons. The predicted molar refractivity (Wildman–Crippen MR) is 91.0 cm³/mol. The van der Waals surface area contributed by atoms with Crippen molar-refractivity contribution in [1.82, 2.24) is 5.32 Å². The van der Waals surface area contributed by atoms with Gasteiger partial charge in [0.1, 0.15) is 0 Å². The van der Waals surface area contributed by atoms with Gasteiger partial charge in [0.15, 0.2) is 0 Å². The molecule has 0 radical (unpaired) electrons. The second-order valence-electron chi connectivity index (χ2n) is 6.44. The Balaban J connectivity index is 2.01. The Bertz CT molecular complexity index is 646. The SMILES string of the molecule is Cc1cc(C)c(N2CC(C(=O)NCCCC(=O)O)CC2=O)c(C)c1. The van der Waals surface area contributed by atoms with Gasteiger partial charge in [-0.3, -0.25) is 14.4 Å². The lowest BCUT2D eigenvalue weighted by molar-refractivity contribution is -0.137. The molecule has 0 spiro atoms. The number of benzene rings is 1. The summed E-state index contributed by atoms with van der Waals surface area (Å²) in [6.07, 6.45) is 0.608. The predicted octanol–water partition coefficient (Wildman–Crippen LogP) is 1.95. The Morgan fingerprint density at radius 1 is 1.25 bits per heavy atom. The summed E-state index contributed by atoms with van der Waals surface area (Å²) in [5.41, 5.74) is 4.10. The third-order valence-corrected chi connectivity index (χ3v) is 4.27. The van der Waals surface area contributed by atoms with Crippen LogP contribution in [0.15, 0.2) is 12.1 Å². The van der Waals surface area contributed by atoms with E-state index in [1.807, 2.05) is 32.9 Å². The molecule has 2 amide bonds. The number of anilines is 1. The number of carbonyl (C=O) groups excluding carboxylic acids is 2. The summed E-state index contributed by atoms with van der Waals surface area (Å²) < 4.78 is 0. The molecule has 2 rings (SSSR count). The Kier molecular flexibility index (Phi) is 5.59. The number of carboxylic acid groups (broad SMARTS) is 1. The Hall–Kier alpha value is -2.37. The molecule has 1 atom stereocenters. The minimum absolute atomic E-state index is 0.0256. The fourth-order valence-electron chi connectivity index (χ4n) is 3.29.